The standard InChI is InChI=1S/C13H21N3OS/c1-4-10(5-2)11-7-15-13(18-11)16-8-12-14-6-9(3)17-12/h6,10-11H,4-5,7-8H2,1-3H3,(H,15,16). The van der Waals surface area contributed by atoms with Gasteiger partial charge in [-0.1, -0.05) is 38.5 Å². The summed E-state index contributed by atoms with van der Waals surface area (Å²) >= 11 is 1.86. The molecule has 0 spiro atoms. The fourth-order valence-corrected chi connectivity index (χ4v) is 3.50. The average molecular weight is 267 g/mol. The highest BCUT2D eigenvalue weighted by Gasteiger charge is 2.25. The molecule has 1 aromatic rings. The SMILES string of the molecule is CCC(CC)C1CN=C(NCc2ncc(C)o2)S1. The summed E-state index contributed by atoms with van der Waals surface area (Å²) in [6.45, 7) is 7.98. The van der Waals surface area contributed by atoms with E-state index in [0.29, 0.717) is 11.8 Å². The Labute approximate surface area is 113 Å². The van der Waals surface area contributed by atoms with Gasteiger partial charge in [-0.2, -0.15) is 0 Å². The number of hydrogen-bond acceptors (Lipinski definition) is 5. The molecular weight excluding hydrogens is 246 g/mol. The van der Waals surface area contributed by atoms with E-state index in [1.165, 1.54) is 12.8 Å². The highest BCUT2D eigenvalue weighted by molar-refractivity contribution is 8.14. The van der Waals surface area contributed by atoms with Crippen molar-refractivity contribution in [3.63, 3.8) is 0 Å². The number of aliphatic imine (C=N–C) groups is 1. The van der Waals surface area contributed by atoms with E-state index in [9.17, 15) is 0 Å². The van der Waals surface area contributed by atoms with Crippen LogP contribution in [0.1, 0.15) is 38.3 Å². The van der Waals surface area contributed by atoms with Crippen LogP contribution in [-0.4, -0.2) is 21.9 Å². The first-order valence-corrected chi connectivity index (χ1v) is 7.47. The number of nitrogens with zero attached hydrogens (tertiary/aromatic N) is 2. The summed E-state index contributed by atoms with van der Waals surface area (Å²) < 4.78 is 5.42. The van der Waals surface area contributed by atoms with E-state index in [0.717, 1.165) is 29.3 Å². The van der Waals surface area contributed by atoms with Crippen LogP contribution in [0.25, 0.3) is 0 Å². The van der Waals surface area contributed by atoms with E-state index in [4.69, 9.17) is 4.42 Å². The fourth-order valence-electron chi connectivity index (χ4n) is 2.18. The summed E-state index contributed by atoms with van der Waals surface area (Å²) in [4.78, 5) is 8.72. The van der Waals surface area contributed by atoms with E-state index >= 15 is 0 Å². The van der Waals surface area contributed by atoms with Crippen LogP contribution in [0.5, 0.6) is 0 Å². The quantitative estimate of drug-likeness (QED) is 0.891. The molecule has 0 saturated carbocycles. The maximum absolute atomic E-state index is 5.42. The van der Waals surface area contributed by atoms with E-state index < -0.39 is 0 Å². The molecule has 100 valence electrons. The third-order valence-electron chi connectivity index (χ3n) is 3.31. The first kappa shape index (κ1) is 13.5. The van der Waals surface area contributed by atoms with Gasteiger partial charge in [0.2, 0.25) is 5.89 Å². The van der Waals surface area contributed by atoms with Gasteiger partial charge in [-0.15, -0.1) is 0 Å². The number of nitrogens with one attached hydrogen (secondary N) is 1. The van der Waals surface area contributed by atoms with Crippen molar-refractivity contribution in [1.82, 2.24) is 10.3 Å². The zero-order valence-electron chi connectivity index (χ0n) is 11.3. The molecule has 0 amide bonds. The lowest BCUT2D eigenvalue weighted by atomic mass is 9.99. The molecule has 18 heavy (non-hydrogen) atoms. The summed E-state index contributed by atoms with van der Waals surface area (Å²) in [5.74, 6) is 2.34. The second kappa shape index (κ2) is 6.27. The fraction of sp³-hybridized carbons (Fsp3) is 0.692. The molecule has 2 rings (SSSR count). The summed E-state index contributed by atoms with van der Waals surface area (Å²) in [5.41, 5.74) is 0. The third-order valence-corrected chi connectivity index (χ3v) is 4.65. The van der Waals surface area contributed by atoms with Gasteiger partial charge in [0.15, 0.2) is 5.17 Å². The molecule has 1 aliphatic rings. The van der Waals surface area contributed by atoms with E-state index in [2.05, 4.69) is 29.1 Å². The van der Waals surface area contributed by atoms with Crippen LogP contribution in [0.15, 0.2) is 15.6 Å². The van der Waals surface area contributed by atoms with Crippen molar-refractivity contribution in [3.05, 3.63) is 17.8 Å². The molecule has 0 bridgehead atoms. The van der Waals surface area contributed by atoms with Gasteiger partial charge in [-0.25, -0.2) is 4.98 Å². The van der Waals surface area contributed by atoms with Gasteiger partial charge in [0.05, 0.1) is 19.3 Å². The average Bonchev–Trinajstić information content (AvgIpc) is 2.98. The predicted octanol–water partition coefficient (Wildman–Crippen LogP) is 2.98. The number of oxazole rings is 1. The Morgan fingerprint density at radius 1 is 1.50 bits per heavy atom. The minimum Gasteiger partial charge on any atom is -0.444 e. The summed E-state index contributed by atoms with van der Waals surface area (Å²) in [5, 5.41) is 4.96. The lowest BCUT2D eigenvalue weighted by Gasteiger charge is -2.18. The largest absolute Gasteiger partial charge is 0.444 e. The number of aryl methyl sites for hydroxylation is 1. The number of rotatable bonds is 5. The van der Waals surface area contributed by atoms with Gasteiger partial charge >= 0.3 is 0 Å². The number of thioether (sulfide) groups is 1. The molecular formula is C13H21N3OS. The number of aromatic nitrogens is 1. The van der Waals surface area contributed by atoms with Crippen LogP contribution in [0.2, 0.25) is 0 Å². The molecule has 1 atom stereocenters. The molecule has 4 nitrogen and oxygen atoms in total. The van der Waals surface area contributed by atoms with E-state index in [1.807, 2.05) is 18.7 Å². The minimum absolute atomic E-state index is 0.620. The van der Waals surface area contributed by atoms with Crippen molar-refractivity contribution in [2.24, 2.45) is 10.9 Å². The van der Waals surface area contributed by atoms with Crippen LogP contribution in [0, 0.1) is 12.8 Å². The van der Waals surface area contributed by atoms with Crippen LogP contribution < -0.4 is 5.32 Å². The second-order valence-electron chi connectivity index (χ2n) is 4.60. The van der Waals surface area contributed by atoms with Crippen LogP contribution in [-0.2, 0) is 6.54 Å². The van der Waals surface area contributed by atoms with Gasteiger partial charge < -0.3 is 9.73 Å². The van der Waals surface area contributed by atoms with Gasteiger partial charge in [0, 0.05) is 5.25 Å². The predicted molar refractivity (Wildman–Crippen MR) is 75.8 cm³/mol. The first-order valence-electron chi connectivity index (χ1n) is 6.59. The van der Waals surface area contributed by atoms with Gasteiger partial charge in [0.1, 0.15) is 5.76 Å². The van der Waals surface area contributed by atoms with Crippen molar-refractivity contribution < 1.29 is 4.42 Å². The Hall–Kier alpha value is -0.970. The summed E-state index contributed by atoms with van der Waals surface area (Å²) in [7, 11) is 0. The molecule has 0 aliphatic carbocycles. The van der Waals surface area contributed by atoms with Gasteiger partial charge in [-0.05, 0) is 12.8 Å². The minimum atomic E-state index is 0.620. The van der Waals surface area contributed by atoms with E-state index in [-0.39, 0.29) is 0 Å². The molecule has 1 N–H and O–H groups in total. The van der Waals surface area contributed by atoms with Crippen molar-refractivity contribution in [1.29, 1.82) is 0 Å². The molecule has 1 aromatic heterocycles. The zero-order valence-corrected chi connectivity index (χ0v) is 12.1. The van der Waals surface area contributed by atoms with Gasteiger partial charge in [0.25, 0.3) is 0 Å². The smallest absolute Gasteiger partial charge is 0.213 e. The van der Waals surface area contributed by atoms with Crippen molar-refractivity contribution in [3.8, 4) is 0 Å². The first-order chi connectivity index (χ1) is 8.72. The highest BCUT2D eigenvalue weighted by Crippen LogP contribution is 2.30. The van der Waals surface area contributed by atoms with Crippen molar-refractivity contribution in [2.75, 3.05) is 6.54 Å². The third kappa shape index (κ3) is 3.28. The Kier molecular flexibility index (Phi) is 4.69. The van der Waals surface area contributed by atoms with Crippen LogP contribution >= 0.6 is 11.8 Å². The molecule has 0 fully saturated rings. The molecule has 0 aromatic carbocycles. The monoisotopic (exact) mass is 267 g/mol. The molecule has 0 saturated heterocycles. The van der Waals surface area contributed by atoms with Crippen molar-refractivity contribution >= 4 is 16.9 Å². The lowest BCUT2D eigenvalue weighted by Crippen LogP contribution is -2.21. The van der Waals surface area contributed by atoms with Crippen molar-refractivity contribution in [2.45, 2.75) is 45.4 Å². The Morgan fingerprint density at radius 3 is 2.89 bits per heavy atom. The Morgan fingerprint density at radius 2 is 2.28 bits per heavy atom. The molecule has 0 radical (unpaired) electrons. The normalized spacial score (nSPS) is 19.3. The molecule has 5 heteroatoms. The zero-order chi connectivity index (χ0) is 13.0. The second-order valence-corrected chi connectivity index (χ2v) is 5.82. The highest BCUT2D eigenvalue weighted by atomic mass is 32.2. The topological polar surface area (TPSA) is 50.4 Å². The molecule has 1 aliphatic heterocycles. The molecule has 2 heterocycles. The number of amidine groups is 1. The van der Waals surface area contributed by atoms with Crippen LogP contribution in [0.4, 0.5) is 0 Å². The van der Waals surface area contributed by atoms with Crippen LogP contribution in [0.3, 0.4) is 0 Å². The maximum Gasteiger partial charge on any atom is 0.213 e. The summed E-state index contributed by atoms with van der Waals surface area (Å²) in [6.07, 6.45) is 4.21. The van der Waals surface area contributed by atoms with Gasteiger partial charge in [-0.3, -0.25) is 4.99 Å². The Balaban J connectivity index is 1.79. The maximum atomic E-state index is 5.42. The lowest BCUT2D eigenvalue weighted by molar-refractivity contribution is 0.466. The van der Waals surface area contributed by atoms with E-state index in [1.54, 1.807) is 6.20 Å². The molecule has 1 unspecified atom stereocenters. The Bertz CT molecular complexity index is 412. The summed E-state index contributed by atoms with van der Waals surface area (Å²) in [6, 6.07) is 0. The number of hydrogen-bond donors (Lipinski definition) is 1.